The normalized spacial score (nSPS) is 19.3. The van der Waals surface area contributed by atoms with Crippen LogP contribution in [0.5, 0.6) is 0 Å². The zero-order valence-corrected chi connectivity index (χ0v) is 14.9. The van der Waals surface area contributed by atoms with Crippen LogP contribution in [0.1, 0.15) is 44.6 Å². The van der Waals surface area contributed by atoms with E-state index in [-0.39, 0.29) is 18.3 Å². The molecule has 0 amide bonds. The van der Waals surface area contributed by atoms with E-state index in [1.54, 1.807) is 0 Å². The zero-order chi connectivity index (χ0) is 16.8. The van der Waals surface area contributed by atoms with Crippen molar-refractivity contribution in [1.82, 2.24) is 9.78 Å². The van der Waals surface area contributed by atoms with Crippen molar-refractivity contribution >= 4 is 12.6 Å². The van der Waals surface area contributed by atoms with Crippen LogP contribution in [0, 0.1) is 13.8 Å². The third-order valence-electron chi connectivity index (χ3n) is 4.99. The van der Waals surface area contributed by atoms with Gasteiger partial charge in [-0.2, -0.15) is 5.10 Å². The minimum atomic E-state index is -0.340. The summed E-state index contributed by atoms with van der Waals surface area (Å²) in [7, 11) is -0.340. The Balaban J connectivity index is 1.92. The van der Waals surface area contributed by atoms with E-state index < -0.39 is 0 Å². The standard InChI is InChI=1S/C18H25BN2O2/c1-13-11-14(2)21(20-13)12-15-9-7-8-10-16(15)19-22-17(3,4)18(5,6)23-19/h7-11H,12H2,1-6H3. The van der Waals surface area contributed by atoms with Gasteiger partial charge in [0.15, 0.2) is 0 Å². The lowest BCUT2D eigenvalue weighted by Gasteiger charge is -2.32. The molecule has 23 heavy (non-hydrogen) atoms. The molecule has 0 radical (unpaired) electrons. The zero-order valence-electron chi connectivity index (χ0n) is 14.9. The summed E-state index contributed by atoms with van der Waals surface area (Å²) in [6.45, 7) is 13.1. The number of hydrogen-bond donors (Lipinski definition) is 0. The lowest BCUT2D eigenvalue weighted by molar-refractivity contribution is 0.00578. The van der Waals surface area contributed by atoms with Gasteiger partial charge in [0, 0.05) is 5.69 Å². The molecule has 5 heteroatoms. The minimum absolute atomic E-state index is 0.330. The molecule has 0 aliphatic carbocycles. The lowest BCUT2D eigenvalue weighted by Crippen LogP contribution is -2.41. The van der Waals surface area contributed by atoms with Crippen LogP contribution in [0.3, 0.4) is 0 Å². The Kier molecular flexibility index (Phi) is 3.89. The average molecular weight is 312 g/mol. The monoisotopic (exact) mass is 312 g/mol. The molecule has 0 N–H and O–H groups in total. The molecule has 0 saturated carbocycles. The van der Waals surface area contributed by atoms with Gasteiger partial charge in [0.05, 0.1) is 23.4 Å². The van der Waals surface area contributed by atoms with Crippen LogP contribution in [-0.4, -0.2) is 28.1 Å². The smallest absolute Gasteiger partial charge is 0.399 e. The summed E-state index contributed by atoms with van der Waals surface area (Å²) in [5.74, 6) is 0. The predicted molar refractivity (Wildman–Crippen MR) is 93.0 cm³/mol. The fraction of sp³-hybridized carbons (Fsp3) is 0.500. The van der Waals surface area contributed by atoms with Gasteiger partial charge in [-0.15, -0.1) is 0 Å². The molecular weight excluding hydrogens is 287 g/mol. The van der Waals surface area contributed by atoms with Gasteiger partial charge in [-0.3, -0.25) is 4.68 Å². The van der Waals surface area contributed by atoms with Gasteiger partial charge in [-0.1, -0.05) is 24.3 Å². The van der Waals surface area contributed by atoms with Crippen molar-refractivity contribution < 1.29 is 9.31 Å². The number of nitrogens with zero attached hydrogens (tertiary/aromatic N) is 2. The van der Waals surface area contributed by atoms with Crippen molar-refractivity contribution in [3.63, 3.8) is 0 Å². The van der Waals surface area contributed by atoms with Crippen LogP contribution >= 0.6 is 0 Å². The van der Waals surface area contributed by atoms with E-state index in [4.69, 9.17) is 9.31 Å². The van der Waals surface area contributed by atoms with Gasteiger partial charge < -0.3 is 9.31 Å². The Morgan fingerprint density at radius 2 is 1.65 bits per heavy atom. The van der Waals surface area contributed by atoms with Crippen molar-refractivity contribution in [3.05, 3.63) is 47.3 Å². The first-order chi connectivity index (χ1) is 10.7. The van der Waals surface area contributed by atoms with Crippen molar-refractivity contribution in [2.24, 2.45) is 0 Å². The Morgan fingerprint density at radius 3 is 2.22 bits per heavy atom. The third kappa shape index (κ3) is 2.95. The van der Waals surface area contributed by atoms with E-state index in [1.807, 2.05) is 17.7 Å². The molecule has 4 nitrogen and oxygen atoms in total. The summed E-state index contributed by atoms with van der Waals surface area (Å²) < 4.78 is 14.5. The average Bonchev–Trinajstić information content (AvgIpc) is 2.86. The highest BCUT2D eigenvalue weighted by Gasteiger charge is 2.52. The molecule has 3 rings (SSSR count). The Hall–Kier alpha value is -1.59. The van der Waals surface area contributed by atoms with Crippen LogP contribution in [0.25, 0.3) is 0 Å². The first-order valence-electron chi connectivity index (χ1n) is 8.14. The molecule has 1 saturated heterocycles. The molecule has 2 aromatic rings. The fourth-order valence-corrected chi connectivity index (χ4v) is 2.87. The largest absolute Gasteiger partial charge is 0.495 e. The van der Waals surface area contributed by atoms with Crippen LogP contribution in [0.4, 0.5) is 0 Å². The van der Waals surface area contributed by atoms with Crippen LogP contribution in [-0.2, 0) is 15.9 Å². The molecule has 122 valence electrons. The minimum Gasteiger partial charge on any atom is -0.399 e. The summed E-state index contributed by atoms with van der Waals surface area (Å²) in [4.78, 5) is 0. The summed E-state index contributed by atoms with van der Waals surface area (Å²) >= 11 is 0. The van der Waals surface area contributed by atoms with Gasteiger partial charge >= 0.3 is 7.12 Å². The van der Waals surface area contributed by atoms with E-state index in [1.165, 1.54) is 5.56 Å². The highest BCUT2D eigenvalue weighted by Crippen LogP contribution is 2.36. The van der Waals surface area contributed by atoms with E-state index in [9.17, 15) is 0 Å². The number of aromatic nitrogens is 2. The predicted octanol–water partition coefficient (Wildman–Crippen LogP) is 2.85. The quantitative estimate of drug-likeness (QED) is 0.818. The summed E-state index contributed by atoms with van der Waals surface area (Å²) in [5.41, 5.74) is 3.80. The van der Waals surface area contributed by atoms with Gasteiger partial charge in [0.25, 0.3) is 0 Å². The fourth-order valence-electron chi connectivity index (χ4n) is 2.87. The van der Waals surface area contributed by atoms with Crippen molar-refractivity contribution in [2.45, 2.75) is 59.3 Å². The van der Waals surface area contributed by atoms with Crippen molar-refractivity contribution in [2.75, 3.05) is 0 Å². The van der Waals surface area contributed by atoms with E-state index >= 15 is 0 Å². The molecule has 0 spiro atoms. The van der Waals surface area contributed by atoms with Crippen LogP contribution in [0.15, 0.2) is 30.3 Å². The molecule has 0 bridgehead atoms. The Bertz CT molecular complexity index is 706. The van der Waals surface area contributed by atoms with Crippen molar-refractivity contribution in [3.8, 4) is 0 Å². The lowest BCUT2D eigenvalue weighted by atomic mass is 9.76. The second-order valence-corrected chi connectivity index (χ2v) is 7.37. The molecule has 1 aliphatic rings. The second-order valence-electron chi connectivity index (χ2n) is 7.37. The number of rotatable bonds is 3. The first-order valence-corrected chi connectivity index (χ1v) is 8.14. The number of benzene rings is 1. The molecule has 0 unspecified atom stereocenters. The van der Waals surface area contributed by atoms with Gasteiger partial charge in [0.1, 0.15) is 0 Å². The molecule has 1 aliphatic heterocycles. The number of aryl methyl sites for hydroxylation is 2. The van der Waals surface area contributed by atoms with E-state index in [2.05, 4.69) is 64.0 Å². The molecule has 1 aromatic heterocycles. The maximum atomic E-state index is 6.21. The second kappa shape index (κ2) is 5.50. The number of hydrogen-bond acceptors (Lipinski definition) is 3. The molecule has 0 atom stereocenters. The maximum absolute atomic E-state index is 6.21. The Morgan fingerprint density at radius 1 is 1.04 bits per heavy atom. The van der Waals surface area contributed by atoms with Crippen LogP contribution in [0.2, 0.25) is 0 Å². The van der Waals surface area contributed by atoms with Crippen molar-refractivity contribution in [1.29, 1.82) is 0 Å². The Labute approximate surface area is 138 Å². The summed E-state index contributed by atoms with van der Waals surface area (Å²) in [6, 6.07) is 10.4. The van der Waals surface area contributed by atoms with Gasteiger partial charge in [-0.05, 0) is 58.6 Å². The SMILES string of the molecule is Cc1cc(C)n(Cc2ccccc2B2OC(C)(C)C(C)(C)O2)n1. The molecule has 1 fully saturated rings. The molecule has 2 heterocycles. The highest BCUT2D eigenvalue weighted by atomic mass is 16.7. The highest BCUT2D eigenvalue weighted by molar-refractivity contribution is 6.62. The van der Waals surface area contributed by atoms with Crippen LogP contribution < -0.4 is 5.46 Å². The first kappa shape index (κ1) is 16.3. The summed E-state index contributed by atoms with van der Waals surface area (Å²) in [6.07, 6.45) is 0. The molecular formula is C18H25BN2O2. The van der Waals surface area contributed by atoms with E-state index in [0.29, 0.717) is 0 Å². The van der Waals surface area contributed by atoms with E-state index in [0.717, 1.165) is 23.4 Å². The van der Waals surface area contributed by atoms with Gasteiger partial charge in [0.2, 0.25) is 0 Å². The molecule has 1 aromatic carbocycles. The third-order valence-corrected chi connectivity index (χ3v) is 4.99. The van der Waals surface area contributed by atoms with Gasteiger partial charge in [-0.25, -0.2) is 0 Å². The maximum Gasteiger partial charge on any atom is 0.495 e. The topological polar surface area (TPSA) is 36.3 Å². The summed E-state index contributed by atoms with van der Waals surface area (Å²) in [5, 5.41) is 4.57.